The normalized spacial score (nSPS) is 20.2. The van der Waals surface area contributed by atoms with Gasteiger partial charge in [0.2, 0.25) is 0 Å². The van der Waals surface area contributed by atoms with E-state index in [1.54, 1.807) is 0 Å². The second-order valence-electron chi connectivity index (χ2n) is 7.45. The highest BCUT2D eigenvalue weighted by atomic mass is 16.5. The summed E-state index contributed by atoms with van der Waals surface area (Å²) in [6.07, 6.45) is 6.34. The molecular formula is C24H30O2. The van der Waals surface area contributed by atoms with Gasteiger partial charge in [0.25, 0.3) is 0 Å². The molecule has 1 aliphatic rings. The van der Waals surface area contributed by atoms with Crippen LogP contribution in [0.2, 0.25) is 0 Å². The summed E-state index contributed by atoms with van der Waals surface area (Å²) in [7, 11) is 0. The first kappa shape index (κ1) is 18.7. The van der Waals surface area contributed by atoms with Crippen LogP contribution in [0.15, 0.2) is 48.5 Å². The van der Waals surface area contributed by atoms with Gasteiger partial charge in [0.15, 0.2) is 0 Å². The summed E-state index contributed by atoms with van der Waals surface area (Å²) in [6.45, 7) is 5.07. The Morgan fingerprint density at radius 2 is 1.54 bits per heavy atom. The topological polar surface area (TPSA) is 26.3 Å². The van der Waals surface area contributed by atoms with Crippen LogP contribution in [0.4, 0.5) is 0 Å². The molecule has 2 aromatic carbocycles. The Balaban J connectivity index is 1.66. The van der Waals surface area contributed by atoms with Crippen molar-refractivity contribution in [2.24, 2.45) is 5.92 Å². The Hall–Kier alpha value is -2.09. The third kappa shape index (κ3) is 4.55. The van der Waals surface area contributed by atoms with Crippen LogP contribution in [0.5, 0.6) is 5.75 Å². The summed E-state index contributed by atoms with van der Waals surface area (Å²) in [4.78, 5) is 12.5. The van der Waals surface area contributed by atoms with Crippen LogP contribution in [0, 0.1) is 5.92 Å². The Morgan fingerprint density at radius 1 is 0.885 bits per heavy atom. The van der Waals surface area contributed by atoms with Gasteiger partial charge in [0.05, 0.1) is 6.61 Å². The molecule has 0 heterocycles. The van der Waals surface area contributed by atoms with Crippen molar-refractivity contribution in [3.63, 3.8) is 0 Å². The predicted octanol–water partition coefficient (Wildman–Crippen LogP) is 6.40. The molecule has 138 valence electrons. The van der Waals surface area contributed by atoms with Crippen molar-refractivity contribution in [2.75, 3.05) is 6.61 Å². The van der Waals surface area contributed by atoms with Gasteiger partial charge >= 0.3 is 0 Å². The summed E-state index contributed by atoms with van der Waals surface area (Å²) in [5, 5.41) is 0. The van der Waals surface area contributed by atoms with E-state index >= 15 is 0 Å². The molecule has 1 fully saturated rings. The summed E-state index contributed by atoms with van der Waals surface area (Å²) in [5.74, 6) is 2.06. The second kappa shape index (κ2) is 9.02. The average molecular weight is 351 g/mol. The lowest BCUT2D eigenvalue weighted by Gasteiger charge is -2.27. The quantitative estimate of drug-likeness (QED) is 0.578. The number of hydrogen-bond acceptors (Lipinski definition) is 2. The van der Waals surface area contributed by atoms with Crippen LogP contribution in [-0.2, 0) is 4.79 Å². The first-order valence-corrected chi connectivity index (χ1v) is 10.1. The van der Waals surface area contributed by atoms with Gasteiger partial charge in [-0.1, -0.05) is 63.1 Å². The molecule has 2 nitrogen and oxygen atoms in total. The monoisotopic (exact) mass is 350 g/mol. The summed E-state index contributed by atoms with van der Waals surface area (Å²) < 4.78 is 5.64. The fourth-order valence-electron chi connectivity index (χ4n) is 3.97. The fourth-order valence-corrected chi connectivity index (χ4v) is 3.97. The molecule has 0 unspecified atom stereocenters. The fraction of sp³-hybridized carbons (Fsp3) is 0.458. The van der Waals surface area contributed by atoms with E-state index in [0.29, 0.717) is 11.7 Å². The molecule has 2 heteroatoms. The third-order valence-corrected chi connectivity index (χ3v) is 5.41. The van der Waals surface area contributed by atoms with E-state index in [4.69, 9.17) is 4.74 Å². The number of benzene rings is 2. The van der Waals surface area contributed by atoms with E-state index < -0.39 is 0 Å². The molecule has 0 saturated heterocycles. The molecule has 0 aliphatic heterocycles. The largest absolute Gasteiger partial charge is 0.494 e. The molecule has 0 aromatic heterocycles. The van der Waals surface area contributed by atoms with Crippen LogP contribution >= 0.6 is 0 Å². The molecule has 1 saturated carbocycles. The molecule has 0 radical (unpaired) electrons. The minimum atomic E-state index is 0.0991. The Morgan fingerprint density at radius 3 is 2.12 bits per heavy atom. The lowest BCUT2D eigenvalue weighted by Crippen LogP contribution is -2.23. The minimum absolute atomic E-state index is 0.0991. The third-order valence-electron chi connectivity index (χ3n) is 5.41. The minimum Gasteiger partial charge on any atom is -0.494 e. The van der Waals surface area contributed by atoms with Gasteiger partial charge in [0.1, 0.15) is 11.5 Å². The zero-order valence-corrected chi connectivity index (χ0v) is 16.0. The summed E-state index contributed by atoms with van der Waals surface area (Å²) in [6, 6.07) is 16.8. The van der Waals surface area contributed by atoms with Crippen LogP contribution < -0.4 is 4.74 Å². The number of Topliss-reactive ketones (excluding diaryl/α,β-unsaturated/α-hetero) is 1. The molecule has 26 heavy (non-hydrogen) atoms. The van der Waals surface area contributed by atoms with Crippen LogP contribution in [0.3, 0.4) is 0 Å². The molecule has 2 aromatic rings. The van der Waals surface area contributed by atoms with E-state index in [-0.39, 0.29) is 5.92 Å². The average Bonchev–Trinajstić information content (AvgIpc) is 2.67. The number of hydrogen-bond donors (Lipinski definition) is 0. The molecule has 0 N–H and O–H groups in total. The smallest absolute Gasteiger partial charge is 0.140 e. The van der Waals surface area contributed by atoms with Gasteiger partial charge < -0.3 is 4.74 Å². The van der Waals surface area contributed by atoms with Crippen molar-refractivity contribution < 1.29 is 9.53 Å². The maximum absolute atomic E-state index is 12.5. The van der Waals surface area contributed by atoms with E-state index in [1.807, 2.05) is 12.1 Å². The van der Waals surface area contributed by atoms with Crippen molar-refractivity contribution in [2.45, 2.75) is 58.3 Å². The first-order valence-electron chi connectivity index (χ1n) is 10.1. The molecule has 3 rings (SSSR count). The maximum Gasteiger partial charge on any atom is 0.140 e. The van der Waals surface area contributed by atoms with Crippen molar-refractivity contribution in [3.05, 3.63) is 54.1 Å². The van der Waals surface area contributed by atoms with E-state index in [2.05, 4.69) is 50.2 Å². The van der Waals surface area contributed by atoms with Crippen LogP contribution in [-0.4, -0.2) is 12.4 Å². The van der Waals surface area contributed by atoms with Gasteiger partial charge in [-0.3, -0.25) is 4.79 Å². The highest BCUT2D eigenvalue weighted by Crippen LogP contribution is 2.35. The first-order chi connectivity index (χ1) is 12.7. The number of carbonyl (C=O) groups is 1. The SMILES string of the molecule is CCCOc1ccc(-c2ccc([C@@H]3CC[C@@H](CCC)CC3=O)cc2)cc1. The lowest BCUT2D eigenvalue weighted by molar-refractivity contribution is -0.123. The zero-order chi connectivity index (χ0) is 18.4. The van der Waals surface area contributed by atoms with Gasteiger partial charge in [-0.25, -0.2) is 0 Å². The van der Waals surface area contributed by atoms with Crippen LogP contribution in [0.1, 0.15) is 63.9 Å². The predicted molar refractivity (Wildman–Crippen MR) is 108 cm³/mol. The lowest BCUT2D eigenvalue weighted by atomic mass is 9.76. The van der Waals surface area contributed by atoms with Gasteiger partial charge in [0, 0.05) is 12.3 Å². The highest BCUT2D eigenvalue weighted by Gasteiger charge is 2.29. The van der Waals surface area contributed by atoms with Gasteiger partial charge in [-0.05, 0) is 54.0 Å². The van der Waals surface area contributed by atoms with Crippen molar-refractivity contribution in [1.82, 2.24) is 0 Å². The Bertz CT molecular complexity index is 700. The van der Waals surface area contributed by atoms with E-state index in [9.17, 15) is 4.79 Å². The molecule has 2 atom stereocenters. The maximum atomic E-state index is 12.5. The summed E-state index contributed by atoms with van der Waals surface area (Å²) in [5.41, 5.74) is 3.54. The van der Waals surface area contributed by atoms with Crippen molar-refractivity contribution >= 4 is 5.78 Å². The van der Waals surface area contributed by atoms with E-state index in [0.717, 1.165) is 31.6 Å². The molecular weight excluding hydrogens is 320 g/mol. The highest BCUT2D eigenvalue weighted by molar-refractivity contribution is 5.86. The standard InChI is InChI=1S/C24H30O2/c1-3-5-18-6-15-23(24(25)17-18)21-9-7-19(8-10-21)20-11-13-22(14-12-20)26-16-4-2/h7-14,18,23H,3-6,15-17H2,1-2H3/t18-,23+/m1/s1. The van der Waals surface area contributed by atoms with E-state index in [1.165, 1.54) is 36.0 Å². The summed E-state index contributed by atoms with van der Waals surface area (Å²) >= 11 is 0. The van der Waals surface area contributed by atoms with Crippen molar-refractivity contribution in [3.8, 4) is 16.9 Å². The number of ketones is 1. The Kier molecular flexibility index (Phi) is 6.49. The van der Waals surface area contributed by atoms with Crippen molar-refractivity contribution in [1.29, 1.82) is 0 Å². The second-order valence-corrected chi connectivity index (χ2v) is 7.45. The van der Waals surface area contributed by atoms with Gasteiger partial charge in [-0.2, -0.15) is 0 Å². The van der Waals surface area contributed by atoms with Crippen LogP contribution in [0.25, 0.3) is 11.1 Å². The molecule has 0 amide bonds. The molecule has 1 aliphatic carbocycles. The molecule has 0 spiro atoms. The zero-order valence-electron chi connectivity index (χ0n) is 16.0. The number of ether oxygens (including phenoxy) is 1. The molecule has 0 bridgehead atoms. The number of carbonyl (C=O) groups excluding carboxylic acids is 1. The van der Waals surface area contributed by atoms with Gasteiger partial charge in [-0.15, -0.1) is 0 Å². The number of rotatable bonds is 7. The Labute approximate surface area is 157 Å².